The molecule has 1 aromatic carbocycles. The molecule has 1 rings (SSSR count). The van der Waals surface area contributed by atoms with Crippen LogP contribution in [0.25, 0.3) is 0 Å². The fraction of sp³-hybridized carbons (Fsp3) is 0.250. The minimum atomic E-state index is -1.79. The average Bonchev–Trinajstić information content (AvgIpc) is 2.09. The van der Waals surface area contributed by atoms with Gasteiger partial charge in [0.2, 0.25) is 5.82 Å². The van der Waals surface area contributed by atoms with Crippen LogP contribution in [-0.4, -0.2) is 6.61 Å². The molecule has 0 fully saturated rings. The van der Waals surface area contributed by atoms with Gasteiger partial charge in [0.15, 0.2) is 23.2 Å². The molecule has 13 heavy (non-hydrogen) atoms. The van der Waals surface area contributed by atoms with Crippen LogP contribution in [0.3, 0.4) is 0 Å². The van der Waals surface area contributed by atoms with E-state index in [-0.39, 0.29) is 6.61 Å². The van der Waals surface area contributed by atoms with Gasteiger partial charge < -0.3 is 4.74 Å². The molecule has 0 saturated heterocycles. The SMILES string of the molecule is CCOc1c(F)[c]c(F)c(F)c1F. The van der Waals surface area contributed by atoms with Gasteiger partial charge in [0.05, 0.1) is 12.7 Å². The molecule has 0 aliphatic heterocycles. The van der Waals surface area contributed by atoms with Crippen molar-refractivity contribution < 1.29 is 22.3 Å². The van der Waals surface area contributed by atoms with Gasteiger partial charge in [-0.25, -0.2) is 13.2 Å². The molecule has 1 radical (unpaired) electrons. The summed E-state index contributed by atoms with van der Waals surface area (Å²) in [5.41, 5.74) is 0. The van der Waals surface area contributed by atoms with Gasteiger partial charge in [-0.1, -0.05) is 0 Å². The molecule has 1 nitrogen and oxygen atoms in total. The van der Waals surface area contributed by atoms with Crippen LogP contribution >= 0.6 is 0 Å². The lowest BCUT2D eigenvalue weighted by molar-refractivity contribution is 0.289. The van der Waals surface area contributed by atoms with Crippen molar-refractivity contribution in [2.75, 3.05) is 6.61 Å². The van der Waals surface area contributed by atoms with Gasteiger partial charge in [-0.2, -0.15) is 4.39 Å². The Balaban J connectivity index is 3.26. The first-order chi connectivity index (χ1) is 6.07. The van der Waals surface area contributed by atoms with Gasteiger partial charge in [0, 0.05) is 0 Å². The van der Waals surface area contributed by atoms with Crippen LogP contribution in [-0.2, 0) is 0 Å². The van der Waals surface area contributed by atoms with Crippen LogP contribution in [0.4, 0.5) is 17.6 Å². The smallest absolute Gasteiger partial charge is 0.206 e. The Bertz CT molecular complexity index is 324. The summed E-state index contributed by atoms with van der Waals surface area (Å²) >= 11 is 0. The Labute approximate surface area is 71.9 Å². The Morgan fingerprint density at radius 1 is 1.08 bits per heavy atom. The molecule has 0 spiro atoms. The molecule has 5 heteroatoms. The predicted octanol–water partition coefficient (Wildman–Crippen LogP) is 2.44. The molecule has 71 valence electrons. The van der Waals surface area contributed by atoms with E-state index in [1.165, 1.54) is 13.0 Å². The second-order valence-corrected chi connectivity index (χ2v) is 2.14. The molecule has 0 heterocycles. The molecule has 0 aliphatic rings. The van der Waals surface area contributed by atoms with E-state index in [0.29, 0.717) is 0 Å². The number of hydrogen-bond donors (Lipinski definition) is 0. The summed E-state index contributed by atoms with van der Waals surface area (Å²) in [4.78, 5) is 0. The van der Waals surface area contributed by atoms with Crippen LogP contribution in [0.1, 0.15) is 6.92 Å². The van der Waals surface area contributed by atoms with Gasteiger partial charge in [-0.05, 0) is 6.92 Å². The Hall–Kier alpha value is -1.26. The molecule has 0 aliphatic carbocycles. The maximum absolute atomic E-state index is 12.7. The first-order valence-corrected chi connectivity index (χ1v) is 3.46. The Morgan fingerprint density at radius 2 is 1.69 bits per heavy atom. The fourth-order valence-electron chi connectivity index (χ4n) is 0.771. The molecule has 0 unspecified atom stereocenters. The van der Waals surface area contributed by atoms with Crippen molar-refractivity contribution in [3.05, 3.63) is 29.3 Å². The molecule has 1 aromatic rings. The van der Waals surface area contributed by atoms with Gasteiger partial charge >= 0.3 is 0 Å². The highest BCUT2D eigenvalue weighted by Crippen LogP contribution is 2.25. The highest BCUT2D eigenvalue weighted by Gasteiger charge is 2.20. The molecule has 0 saturated carbocycles. The largest absolute Gasteiger partial charge is 0.488 e. The second-order valence-electron chi connectivity index (χ2n) is 2.14. The van der Waals surface area contributed by atoms with Crippen molar-refractivity contribution in [1.29, 1.82) is 0 Å². The second kappa shape index (κ2) is 3.64. The van der Waals surface area contributed by atoms with Crippen LogP contribution in [0, 0.1) is 29.3 Å². The Kier molecular flexibility index (Phi) is 2.75. The van der Waals surface area contributed by atoms with Crippen molar-refractivity contribution >= 4 is 0 Å². The maximum Gasteiger partial charge on any atom is 0.206 e. The van der Waals surface area contributed by atoms with Crippen molar-refractivity contribution in [2.24, 2.45) is 0 Å². The van der Waals surface area contributed by atoms with Crippen molar-refractivity contribution in [3.63, 3.8) is 0 Å². The lowest BCUT2D eigenvalue weighted by Gasteiger charge is -2.05. The highest BCUT2D eigenvalue weighted by atomic mass is 19.2. The third-order valence-corrected chi connectivity index (χ3v) is 1.29. The van der Waals surface area contributed by atoms with E-state index >= 15 is 0 Å². The van der Waals surface area contributed by atoms with E-state index in [1.54, 1.807) is 0 Å². The summed E-state index contributed by atoms with van der Waals surface area (Å²) in [6.45, 7) is 1.41. The maximum atomic E-state index is 12.7. The number of ether oxygens (including phenoxy) is 1. The molecule has 0 bridgehead atoms. The summed E-state index contributed by atoms with van der Waals surface area (Å²) in [7, 11) is 0. The van der Waals surface area contributed by atoms with Crippen LogP contribution in [0.5, 0.6) is 5.75 Å². The zero-order valence-corrected chi connectivity index (χ0v) is 6.63. The van der Waals surface area contributed by atoms with E-state index in [2.05, 4.69) is 4.74 Å². The topological polar surface area (TPSA) is 9.23 Å². The summed E-state index contributed by atoms with van der Waals surface area (Å²) in [5, 5.41) is 0. The van der Waals surface area contributed by atoms with Crippen molar-refractivity contribution in [1.82, 2.24) is 0 Å². The van der Waals surface area contributed by atoms with Gasteiger partial charge in [0.25, 0.3) is 0 Å². The summed E-state index contributed by atoms with van der Waals surface area (Å²) < 4.78 is 54.5. The molecule has 0 atom stereocenters. The number of hydrogen-bond acceptors (Lipinski definition) is 1. The summed E-state index contributed by atoms with van der Waals surface area (Å²) in [6, 6.07) is 1.36. The third-order valence-electron chi connectivity index (χ3n) is 1.29. The lowest BCUT2D eigenvalue weighted by atomic mass is 10.3. The number of rotatable bonds is 2. The van der Waals surface area contributed by atoms with E-state index in [4.69, 9.17) is 0 Å². The molecule has 0 N–H and O–H groups in total. The normalized spacial score (nSPS) is 10.2. The standard InChI is InChI=1S/C8H5F4O/c1-2-13-8-5(10)3-4(9)6(11)7(8)12/h2H2,1H3. The molecule has 0 aromatic heterocycles. The van der Waals surface area contributed by atoms with E-state index in [0.717, 1.165) is 0 Å². The summed E-state index contributed by atoms with van der Waals surface area (Å²) in [5.74, 6) is -7.47. The van der Waals surface area contributed by atoms with E-state index in [1.807, 2.05) is 0 Å². The molecular weight excluding hydrogens is 188 g/mol. The first-order valence-electron chi connectivity index (χ1n) is 3.46. The van der Waals surface area contributed by atoms with Crippen molar-refractivity contribution in [2.45, 2.75) is 6.92 Å². The first kappa shape index (κ1) is 9.83. The zero-order valence-electron chi connectivity index (χ0n) is 6.63. The average molecular weight is 193 g/mol. The quantitative estimate of drug-likeness (QED) is 0.398. The minimum Gasteiger partial charge on any atom is -0.488 e. The predicted molar refractivity (Wildman–Crippen MR) is 36.3 cm³/mol. The molecular formula is C8H5F4O. The monoisotopic (exact) mass is 193 g/mol. The molecule has 0 amide bonds. The number of benzene rings is 1. The van der Waals surface area contributed by atoms with Crippen LogP contribution in [0.15, 0.2) is 0 Å². The van der Waals surface area contributed by atoms with Gasteiger partial charge in [-0.15, -0.1) is 0 Å². The highest BCUT2D eigenvalue weighted by molar-refractivity contribution is 5.27. The van der Waals surface area contributed by atoms with E-state index in [9.17, 15) is 17.6 Å². The Morgan fingerprint density at radius 3 is 2.23 bits per heavy atom. The van der Waals surface area contributed by atoms with E-state index < -0.39 is 29.0 Å². The van der Waals surface area contributed by atoms with Crippen LogP contribution in [0.2, 0.25) is 0 Å². The zero-order chi connectivity index (χ0) is 10.0. The van der Waals surface area contributed by atoms with Crippen molar-refractivity contribution in [3.8, 4) is 5.75 Å². The fourth-order valence-corrected chi connectivity index (χ4v) is 0.771. The summed E-state index contributed by atoms with van der Waals surface area (Å²) in [6.07, 6.45) is 0. The lowest BCUT2D eigenvalue weighted by Crippen LogP contribution is -2.02. The number of halogens is 4. The third kappa shape index (κ3) is 1.74. The van der Waals surface area contributed by atoms with Crippen LogP contribution < -0.4 is 4.74 Å². The minimum absolute atomic E-state index is 0.0489. The van der Waals surface area contributed by atoms with Gasteiger partial charge in [0.1, 0.15) is 0 Å². The van der Waals surface area contributed by atoms with Gasteiger partial charge in [-0.3, -0.25) is 0 Å².